The fourth-order valence-electron chi connectivity index (χ4n) is 2.11. The molecule has 0 amide bonds. The maximum absolute atomic E-state index is 13.4. The van der Waals surface area contributed by atoms with Gasteiger partial charge in [-0.1, -0.05) is 39.0 Å². The Morgan fingerprint density at radius 2 is 2.00 bits per heavy atom. The van der Waals surface area contributed by atoms with E-state index in [2.05, 4.69) is 32.9 Å². The number of fused-ring (bicyclic) bond motifs is 1. The van der Waals surface area contributed by atoms with Crippen LogP contribution >= 0.6 is 0 Å². The first-order chi connectivity index (χ1) is 6.89. The van der Waals surface area contributed by atoms with Crippen LogP contribution in [0.5, 0.6) is 0 Å². The van der Waals surface area contributed by atoms with Gasteiger partial charge in [0, 0.05) is 6.42 Å². The molecule has 0 aromatic heterocycles. The molecule has 0 fully saturated rings. The second kappa shape index (κ2) is 3.31. The van der Waals surface area contributed by atoms with E-state index in [1.807, 2.05) is 6.07 Å². The zero-order chi connectivity index (χ0) is 11.2. The summed E-state index contributed by atoms with van der Waals surface area (Å²) in [6.45, 7) is 6.49. The minimum absolute atomic E-state index is 0.119. The van der Waals surface area contributed by atoms with Gasteiger partial charge in [-0.25, -0.2) is 4.39 Å². The van der Waals surface area contributed by atoms with Crippen molar-refractivity contribution in [3.63, 3.8) is 0 Å². The predicted octanol–water partition coefficient (Wildman–Crippen LogP) is 2.88. The number of nitrogens with two attached hydrogens (primary N) is 1. The molecule has 0 bridgehead atoms. The molecule has 1 aromatic carbocycles. The SMILES string of the molecule is CC(C)(C)c1ccc2c(c1)C[C@H](F)[C@H]2N. The fourth-order valence-corrected chi connectivity index (χ4v) is 2.11. The van der Waals surface area contributed by atoms with E-state index in [4.69, 9.17) is 5.73 Å². The number of benzene rings is 1. The van der Waals surface area contributed by atoms with Gasteiger partial charge in [0.15, 0.2) is 0 Å². The third-order valence-corrected chi connectivity index (χ3v) is 3.17. The molecule has 1 aromatic rings. The molecule has 0 aliphatic heterocycles. The van der Waals surface area contributed by atoms with Crippen molar-refractivity contribution in [3.8, 4) is 0 Å². The van der Waals surface area contributed by atoms with E-state index in [1.165, 1.54) is 5.56 Å². The largest absolute Gasteiger partial charge is 0.322 e. The lowest BCUT2D eigenvalue weighted by molar-refractivity contribution is 0.303. The first-order valence-corrected chi connectivity index (χ1v) is 5.42. The first-order valence-electron chi connectivity index (χ1n) is 5.42. The third kappa shape index (κ3) is 1.78. The molecule has 1 aliphatic rings. The highest BCUT2D eigenvalue weighted by molar-refractivity contribution is 5.41. The van der Waals surface area contributed by atoms with Crippen LogP contribution in [0.25, 0.3) is 0 Å². The van der Waals surface area contributed by atoms with Gasteiger partial charge in [0.2, 0.25) is 0 Å². The lowest BCUT2D eigenvalue weighted by atomic mass is 9.85. The van der Waals surface area contributed by atoms with Crippen LogP contribution in [0.3, 0.4) is 0 Å². The highest BCUT2D eigenvalue weighted by atomic mass is 19.1. The molecule has 0 unspecified atom stereocenters. The predicted molar refractivity (Wildman–Crippen MR) is 60.7 cm³/mol. The average Bonchev–Trinajstić information content (AvgIpc) is 2.41. The Morgan fingerprint density at radius 3 is 2.60 bits per heavy atom. The monoisotopic (exact) mass is 207 g/mol. The zero-order valence-electron chi connectivity index (χ0n) is 9.55. The van der Waals surface area contributed by atoms with Gasteiger partial charge in [0.1, 0.15) is 6.17 Å². The van der Waals surface area contributed by atoms with Gasteiger partial charge in [-0.15, -0.1) is 0 Å². The number of halogens is 1. The second-order valence-corrected chi connectivity index (χ2v) is 5.41. The number of alkyl halides is 1. The van der Waals surface area contributed by atoms with Crippen LogP contribution in [-0.4, -0.2) is 6.17 Å². The van der Waals surface area contributed by atoms with E-state index in [0.717, 1.165) is 11.1 Å². The molecule has 1 aliphatic carbocycles. The van der Waals surface area contributed by atoms with E-state index in [0.29, 0.717) is 6.42 Å². The lowest BCUT2D eigenvalue weighted by Crippen LogP contribution is -2.17. The van der Waals surface area contributed by atoms with Crippen LogP contribution in [0.15, 0.2) is 18.2 Å². The number of hydrogen-bond donors (Lipinski definition) is 1. The summed E-state index contributed by atoms with van der Waals surface area (Å²) in [4.78, 5) is 0. The Bertz CT molecular complexity index is 379. The molecule has 0 heterocycles. The second-order valence-electron chi connectivity index (χ2n) is 5.41. The normalized spacial score (nSPS) is 25.4. The van der Waals surface area contributed by atoms with Crippen molar-refractivity contribution in [1.82, 2.24) is 0 Å². The molecular formula is C13H18FN. The minimum Gasteiger partial charge on any atom is -0.322 e. The van der Waals surface area contributed by atoms with Crippen LogP contribution < -0.4 is 5.73 Å². The van der Waals surface area contributed by atoms with Gasteiger partial charge in [-0.2, -0.15) is 0 Å². The number of hydrogen-bond acceptors (Lipinski definition) is 1. The quantitative estimate of drug-likeness (QED) is 0.695. The number of rotatable bonds is 0. The average molecular weight is 207 g/mol. The maximum Gasteiger partial charge on any atom is 0.123 e. The summed E-state index contributed by atoms with van der Waals surface area (Å²) >= 11 is 0. The summed E-state index contributed by atoms with van der Waals surface area (Å²) in [6, 6.07) is 5.74. The summed E-state index contributed by atoms with van der Waals surface area (Å²) in [7, 11) is 0. The van der Waals surface area contributed by atoms with Crippen LogP contribution in [0.1, 0.15) is 43.5 Å². The summed E-state index contributed by atoms with van der Waals surface area (Å²) in [5, 5.41) is 0. The Morgan fingerprint density at radius 1 is 1.33 bits per heavy atom. The van der Waals surface area contributed by atoms with Crippen molar-refractivity contribution in [3.05, 3.63) is 34.9 Å². The molecule has 2 atom stereocenters. The van der Waals surface area contributed by atoms with Gasteiger partial charge in [0.05, 0.1) is 6.04 Å². The molecule has 1 nitrogen and oxygen atoms in total. The minimum atomic E-state index is -0.907. The summed E-state index contributed by atoms with van der Waals surface area (Å²) in [5.74, 6) is 0. The zero-order valence-corrected chi connectivity index (χ0v) is 9.55. The molecule has 0 saturated heterocycles. The molecule has 0 spiro atoms. The molecular weight excluding hydrogens is 189 g/mol. The van der Waals surface area contributed by atoms with E-state index in [9.17, 15) is 4.39 Å². The molecule has 2 N–H and O–H groups in total. The van der Waals surface area contributed by atoms with Crippen molar-refractivity contribution in [2.45, 2.75) is 44.8 Å². The van der Waals surface area contributed by atoms with Gasteiger partial charge < -0.3 is 5.73 Å². The Balaban J connectivity index is 2.42. The van der Waals surface area contributed by atoms with Gasteiger partial charge in [-0.3, -0.25) is 0 Å². The topological polar surface area (TPSA) is 26.0 Å². The van der Waals surface area contributed by atoms with Crippen molar-refractivity contribution in [2.24, 2.45) is 5.73 Å². The van der Waals surface area contributed by atoms with E-state index in [-0.39, 0.29) is 5.41 Å². The summed E-state index contributed by atoms with van der Waals surface area (Å²) < 4.78 is 13.4. The molecule has 2 rings (SSSR count). The van der Waals surface area contributed by atoms with Gasteiger partial charge >= 0.3 is 0 Å². The summed E-state index contributed by atoms with van der Waals surface area (Å²) in [6.07, 6.45) is -0.435. The Labute approximate surface area is 90.5 Å². The smallest absolute Gasteiger partial charge is 0.123 e. The first kappa shape index (κ1) is 10.6. The summed E-state index contributed by atoms with van der Waals surface area (Å²) in [5.41, 5.74) is 9.21. The highest BCUT2D eigenvalue weighted by Gasteiger charge is 2.30. The molecule has 0 saturated carbocycles. The van der Waals surface area contributed by atoms with E-state index >= 15 is 0 Å². The van der Waals surface area contributed by atoms with Crippen molar-refractivity contribution in [1.29, 1.82) is 0 Å². The molecule has 15 heavy (non-hydrogen) atoms. The van der Waals surface area contributed by atoms with E-state index < -0.39 is 12.2 Å². The van der Waals surface area contributed by atoms with Crippen molar-refractivity contribution >= 4 is 0 Å². The maximum atomic E-state index is 13.4. The fraction of sp³-hybridized carbons (Fsp3) is 0.538. The standard InChI is InChI=1S/C13H18FN/c1-13(2,3)9-4-5-10-8(6-9)7-11(14)12(10)15/h4-6,11-12H,7,15H2,1-3H3/t11-,12-/m0/s1. The Kier molecular flexibility index (Phi) is 2.34. The van der Waals surface area contributed by atoms with Crippen LogP contribution in [0.2, 0.25) is 0 Å². The van der Waals surface area contributed by atoms with Gasteiger partial charge in [-0.05, 0) is 22.1 Å². The van der Waals surface area contributed by atoms with Crippen LogP contribution in [0.4, 0.5) is 4.39 Å². The van der Waals surface area contributed by atoms with Crippen LogP contribution in [0, 0.1) is 0 Å². The Hall–Kier alpha value is -0.890. The molecule has 0 radical (unpaired) electrons. The van der Waals surface area contributed by atoms with Gasteiger partial charge in [0.25, 0.3) is 0 Å². The lowest BCUT2D eigenvalue weighted by Gasteiger charge is -2.20. The highest BCUT2D eigenvalue weighted by Crippen LogP contribution is 2.34. The van der Waals surface area contributed by atoms with Crippen molar-refractivity contribution in [2.75, 3.05) is 0 Å². The van der Waals surface area contributed by atoms with Crippen molar-refractivity contribution < 1.29 is 4.39 Å². The third-order valence-electron chi connectivity index (χ3n) is 3.17. The molecule has 82 valence electrons. The molecule has 2 heteroatoms. The van der Waals surface area contributed by atoms with E-state index in [1.54, 1.807) is 0 Å². The van der Waals surface area contributed by atoms with Crippen LogP contribution in [-0.2, 0) is 11.8 Å².